The zero-order chi connectivity index (χ0) is 10.6. The molecule has 0 spiro atoms. The Morgan fingerprint density at radius 1 is 1.43 bits per heavy atom. The van der Waals surface area contributed by atoms with Gasteiger partial charge in [0.05, 0.1) is 5.33 Å². The molecule has 0 radical (unpaired) electrons. The van der Waals surface area contributed by atoms with Crippen molar-refractivity contribution in [1.82, 2.24) is 0 Å². The number of rotatable bonds is 4. The summed E-state index contributed by atoms with van der Waals surface area (Å²) in [6.45, 7) is 2.10. The summed E-state index contributed by atoms with van der Waals surface area (Å²) in [6, 6.07) is 6.06. The van der Waals surface area contributed by atoms with E-state index in [1.165, 1.54) is 5.56 Å². The molecule has 0 saturated carbocycles. The molecule has 1 aromatic carbocycles. The van der Waals surface area contributed by atoms with Crippen LogP contribution in [0.5, 0.6) is 0 Å². The van der Waals surface area contributed by atoms with Crippen molar-refractivity contribution in [2.24, 2.45) is 0 Å². The van der Waals surface area contributed by atoms with Gasteiger partial charge in [0.1, 0.15) is 5.78 Å². The van der Waals surface area contributed by atoms with E-state index in [0.29, 0.717) is 11.8 Å². The molecule has 76 valence electrons. The van der Waals surface area contributed by atoms with E-state index in [0.717, 1.165) is 16.5 Å². The van der Waals surface area contributed by atoms with Gasteiger partial charge in [0, 0.05) is 10.9 Å². The zero-order valence-electron chi connectivity index (χ0n) is 8.02. The smallest absolute Gasteiger partial charge is 0.147 e. The van der Waals surface area contributed by atoms with Crippen molar-refractivity contribution < 1.29 is 4.79 Å². The van der Waals surface area contributed by atoms with Gasteiger partial charge in [0.25, 0.3) is 0 Å². The van der Waals surface area contributed by atoms with Gasteiger partial charge >= 0.3 is 0 Å². The second-order valence-electron chi connectivity index (χ2n) is 3.08. The minimum Gasteiger partial charge on any atom is -0.298 e. The Morgan fingerprint density at radius 3 is 2.71 bits per heavy atom. The van der Waals surface area contributed by atoms with Crippen molar-refractivity contribution in [1.29, 1.82) is 0 Å². The first kappa shape index (κ1) is 11.9. The average molecular weight is 320 g/mol. The number of ketones is 1. The number of benzene rings is 1. The number of hydrogen-bond acceptors (Lipinski definition) is 1. The molecule has 0 saturated heterocycles. The largest absolute Gasteiger partial charge is 0.298 e. The lowest BCUT2D eigenvalue weighted by atomic mass is 10.0. The van der Waals surface area contributed by atoms with E-state index in [1.807, 2.05) is 12.1 Å². The van der Waals surface area contributed by atoms with Crippen molar-refractivity contribution in [3.63, 3.8) is 0 Å². The minimum atomic E-state index is 0.214. The highest BCUT2D eigenvalue weighted by Gasteiger charge is 2.09. The van der Waals surface area contributed by atoms with Crippen LogP contribution < -0.4 is 0 Å². The summed E-state index contributed by atoms with van der Waals surface area (Å²) in [5.41, 5.74) is 2.37. The lowest BCUT2D eigenvalue weighted by Crippen LogP contribution is -2.06. The van der Waals surface area contributed by atoms with E-state index in [1.54, 1.807) is 0 Å². The molecule has 14 heavy (non-hydrogen) atoms. The molecule has 0 aliphatic carbocycles. The third-order valence-electron chi connectivity index (χ3n) is 2.12. The topological polar surface area (TPSA) is 17.1 Å². The quantitative estimate of drug-likeness (QED) is 0.776. The molecule has 0 aromatic heterocycles. The molecule has 0 bridgehead atoms. The molecule has 0 N–H and O–H groups in total. The van der Waals surface area contributed by atoms with E-state index in [9.17, 15) is 4.79 Å². The first-order chi connectivity index (χ1) is 6.69. The second-order valence-corrected chi connectivity index (χ2v) is 4.50. The molecular weight excluding hydrogens is 308 g/mol. The highest BCUT2D eigenvalue weighted by Crippen LogP contribution is 2.22. The fraction of sp³-hybridized carbons (Fsp3) is 0.364. The predicted molar refractivity (Wildman–Crippen MR) is 66.0 cm³/mol. The summed E-state index contributed by atoms with van der Waals surface area (Å²) in [7, 11) is 0. The maximum absolute atomic E-state index is 11.3. The van der Waals surface area contributed by atoms with E-state index in [2.05, 4.69) is 44.8 Å². The zero-order valence-corrected chi connectivity index (χ0v) is 11.2. The molecule has 0 heterocycles. The molecule has 0 unspecified atom stereocenters. The van der Waals surface area contributed by atoms with Gasteiger partial charge in [-0.2, -0.15) is 0 Å². The second kappa shape index (κ2) is 5.66. The van der Waals surface area contributed by atoms with Gasteiger partial charge < -0.3 is 0 Å². The van der Waals surface area contributed by atoms with Crippen LogP contribution in [0.3, 0.4) is 0 Å². The molecule has 1 rings (SSSR count). The number of Topliss-reactive ketones (excluding diaryl/α,β-unsaturated/α-hetero) is 1. The van der Waals surface area contributed by atoms with Gasteiger partial charge in [-0.25, -0.2) is 0 Å². The monoisotopic (exact) mass is 318 g/mol. The van der Waals surface area contributed by atoms with Gasteiger partial charge in [-0.3, -0.25) is 4.79 Å². The fourth-order valence-corrected chi connectivity index (χ4v) is 2.12. The van der Waals surface area contributed by atoms with E-state index in [-0.39, 0.29) is 5.78 Å². The maximum Gasteiger partial charge on any atom is 0.147 e. The lowest BCUT2D eigenvalue weighted by Gasteiger charge is -2.08. The van der Waals surface area contributed by atoms with Gasteiger partial charge in [0.15, 0.2) is 0 Å². The standard InChI is InChI=1S/C11H12Br2O/c1-2-8-4-3-5-11(13)10(8)6-9(14)7-12/h3-5H,2,6-7H2,1H3. The Bertz CT molecular complexity index is 334. The van der Waals surface area contributed by atoms with Crippen LogP contribution in [0, 0.1) is 0 Å². The van der Waals surface area contributed by atoms with Crippen LogP contribution in [-0.2, 0) is 17.6 Å². The highest BCUT2D eigenvalue weighted by molar-refractivity contribution is 9.10. The predicted octanol–water partition coefficient (Wildman–Crippen LogP) is 3.52. The van der Waals surface area contributed by atoms with Gasteiger partial charge in [0.2, 0.25) is 0 Å². The number of carbonyl (C=O) groups excluding carboxylic acids is 1. The highest BCUT2D eigenvalue weighted by atomic mass is 79.9. The van der Waals surface area contributed by atoms with Crippen LogP contribution in [0.2, 0.25) is 0 Å². The van der Waals surface area contributed by atoms with Gasteiger partial charge in [-0.05, 0) is 23.6 Å². The number of hydrogen-bond donors (Lipinski definition) is 0. The summed E-state index contributed by atoms with van der Waals surface area (Å²) < 4.78 is 1.03. The lowest BCUT2D eigenvalue weighted by molar-refractivity contribution is -0.115. The van der Waals surface area contributed by atoms with Crippen LogP contribution in [0.1, 0.15) is 18.1 Å². The van der Waals surface area contributed by atoms with Crippen LogP contribution in [-0.4, -0.2) is 11.1 Å². The molecule has 0 amide bonds. The molecule has 0 aliphatic rings. The first-order valence-electron chi connectivity index (χ1n) is 4.53. The molecule has 3 heteroatoms. The number of aryl methyl sites for hydroxylation is 1. The van der Waals surface area contributed by atoms with Gasteiger partial charge in [-0.15, -0.1) is 0 Å². The Hall–Kier alpha value is -0.150. The number of carbonyl (C=O) groups is 1. The number of halogens is 2. The molecule has 0 aliphatic heterocycles. The molecule has 1 aromatic rings. The normalized spacial score (nSPS) is 10.2. The Kier molecular flexibility index (Phi) is 4.82. The first-order valence-corrected chi connectivity index (χ1v) is 6.44. The summed E-state index contributed by atoms with van der Waals surface area (Å²) >= 11 is 6.66. The third kappa shape index (κ3) is 2.92. The van der Waals surface area contributed by atoms with Crippen molar-refractivity contribution in [3.8, 4) is 0 Å². The summed E-state index contributed by atoms with van der Waals surface area (Å²) in [4.78, 5) is 11.3. The van der Waals surface area contributed by atoms with Crippen molar-refractivity contribution >= 4 is 37.6 Å². The average Bonchev–Trinajstić information content (AvgIpc) is 2.20. The minimum absolute atomic E-state index is 0.214. The van der Waals surface area contributed by atoms with E-state index in [4.69, 9.17) is 0 Å². The molecule has 0 atom stereocenters. The van der Waals surface area contributed by atoms with Crippen LogP contribution in [0.15, 0.2) is 22.7 Å². The summed E-state index contributed by atoms with van der Waals surface area (Å²) in [5, 5.41) is 0.428. The summed E-state index contributed by atoms with van der Waals surface area (Å²) in [6.07, 6.45) is 1.47. The summed E-state index contributed by atoms with van der Waals surface area (Å²) in [5.74, 6) is 0.214. The molecule has 0 fully saturated rings. The molecular formula is C11H12Br2O. The Labute approximate surface area is 101 Å². The van der Waals surface area contributed by atoms with Crippen molar-refractivity contribution in [3.05, 3.63) is 33.8 Å². The SMILES string of the molecule is CCc1cccc(Br)c1CC(=O)CBr. The fourth-order valence-electron chi connectivity index (χ4n) is 1.38. The van der Waals surface area contributed by atoms with E-state index < -0.39 is 0 Å². The van der Waals surface area contributed by atoms with Crippen LogP contribution in [0.25, 0.3) is 0 Å². The molecule has 1 nitrogen and oxygen atoms in total. The van der Waals surface area contributed by atoms with Crippen LogP contribution in [0.4, 0.5) is 0 Å². The number of alkyl halides is 1. The maximum atomic E-state index is 11.3. The third-order valence-corrected chi connectivity index (χ3v) is 3.49. The Balaban J connectivity index is 2.98. The van der Waals surface area contributed by atoms with Gasteiger partial charge in [-0.1, -0.05) is 50.9 Å². The van der Waals surface area contributed by atoms with Crippen molar-refractivity contribution in [2.75, 3.05) is 5.33 Å². The van der Waals surface area contributed by atoms with Crippen LogP contribution >= 0.6 is 31.9 Å². The Morgan fingerprint density at radius 2 is 2.14 bits per heavy atom. The van der Waals surface area contributed by atoms with E-state index >= 15 is 0 Å². The van der Waals surface area contributed by atoms with Crippen molar-refractivity contribution in [2.45, 2.75) is 19.8 Å².